The predicted molar refractivity (Wildman–Crippen MR) is 352 cm³/mol. The lowest BCUT2D eigenvalue weighted by Crippen LogP contribution is -2.44. The first-order valence-corrected chi connectivity index (χ1v) is 33.3. The first-order valence-electron chi connectivity index (χ1n) is 33.3. The number of quaternary nitrogens is 1. The number of hydrogen-bond donors (Lipinski definition) is 0. The van der Waals surface area contributed by atoms with Gasteiger partial charge < -0.3 is 33.3 Å². The number of unbranched alkanes of at least 4 members (excludes halogenated alkanes) is 23. The summed E-state index contributed by atoms with van der Waals surface area (Å²) in [4.78, 5) is 37.4. The van der Waals surface area contributed by atoms with Gasteiger partial charge in [-0.05, 0) is 96.3 Å². The van der Waals surface area contributed by atoms with Gasteiger partial charge in [-0.3, -0.25) is 9.59 Å². The van der Waals surface area contributed by atoms with Crippen LogP contribution in [-0.2, 0) is 33.3 Å². The van der Waals surface area contributed by atoms with Gasteiger partial charge in [-0.15, -0.1) is 0 Å². The molecule has 0 aliphatic heterocycles. The maximum Gasteiger partial charge on any atom is 0.306 e. The van der Waals surface area contributed by atoms with E-state index in [4.69, 9.17) is 18.9 Å². The number of aliphatic carboxylic acids is 1. The van der Waals surface area contributed by atoms with Gasteiger partial charge in [0, 0.05) is 12.8 Å². The van der Waals surface area contributed by atoms with Crippen LogP contribution in [0, 0.1) is 0 Å². The number of carbonyl (C=O) groups is 3. The van der Waals surface area contributed by atoms with Crippen LogP contribution in [0.25, 0.3) is 0 Å². The van der Waals surface area contributed by atoms with Crippen LogP contribution in [-0.4, -0.2) is 82.3 Å². The van der Waals surface area contributed by atoms with Crippen LogP contribution >= 0.6 is 0 Å². The number of ether oxygens (including phenoxy) is 4. The molecule has 0 aliphatic rings. The Morgan fingerprint density at radius 2 is 0.687 bits per heavy atom. The molecular weight excluding hydrogens is 1030 g/mol. The Balaban J connectivity index is 4.27. The number of hydrogen-bond acceptors (Lipinski definition) is 8. The van der Waals surface area contributed by atoms with Crippen LogP contribution in [0.15, 0.2) is 134 Å². The third kappa shape index (κ3) is 64.8. The number of likely N-dealkylation sites (N-methyl/N-ethyl adjacent to an activating group) is 1. The smallest absolute Gasteiger partial charge is 0.306 e. The first-order chi connectivity index (χ1) is 40.6. The minimum atomic E-state index is -1.64. The summed E-state index contributed by atoms with van der Waals surface area (Å²) < 4.78 is 22.7. The van der Waals surface area contributed by atoms with Gasteiger partial charge in [0.25, 0.3) is 0 Å². The molecule has 0 saturated heterocycles. The molecule has 0 aromatic carbocycles. The average molecular weight is 1150 g/mol. The second-order valence-corrected chi connectivity index (χ2v) is 23.0. The van der Waals surface area contributed by atoms with E-state index in [1.807, 2.05) is 21.1 Å². The van der Waals surface area contributed by atoms with Crippen LogP contribution in [0.4, 0.5) is 0 Å². The molecule has 2 unspecified atom stereocenters. The van der Waals surface area contributed by atoms with Crippen molar-refractivity contribution in [3.05, 3.63) is 134 Å². The summed E-state index contributed by atoms with van der Waals surface area (Å²) in [5.41, 5.74) is 0. The van der Waals surface area contributed by atoms with E-state index in [1.165, 1.54) is 116 Å². The second-order valence-electron chi connectivity index (χ2n) is 23.0. The molecule has 0 amide bonds. The van der Waals surface area contributed by atoms with Crippen molar-refractivity contribution >= 4 is 17.9 Å². The molecule has 9 nitrogen and oxygen atoms in total. The monoisotopic (exact) mass is 1150 g/mol. The van der Waals surface area contributed by atoms with E-state index in [1.54, 1.807) is 0 Å². The van der Waals surface area contributed by atoms with E-state index >= 15 is 0 Å². The molecule has 0 bridgehead atoms. The van der Waals surface area contributed by atoms with E-state index < -0.39 is 24.3 Å². The minimum absolute atomic E-state index is 0.135. The predicted octanol–water partition coefficient (Wildman–Crippen LogP) is 19.2. The topological polar surface area (TPSA) is 111 Å². The Hall–Kier alpha value is -4.57. The van der Waals surface area contributed by atoms with Gasteiger partial charge in [0.05, 0.1) is 40.3 Å². The van der Waals surface area contributed by atoms with E-state index in [2.05, 4.69) is 148 Å². The summed E-state index contributed by atoms with van der Waals surface area (Å²) in [5, 5.41) is 11.8. The summed E-state index contributed by atoms with van der Waals surface area (Å²) in [7, 11) is 5.91. The van der Waals surface area contributed by atoms with Crippen molar-refractivity contribution in [2.24, 2.45) is 0 Å². The van der Waals surface area contributed by atoms with E-state index in [0.717, 1.165) is 109 Å². The minimum Gasteiger partial charge on any atom is -0.545 e. The molecule has 0 radical (unpaired) electrons. The molecule has 0 N–H and O–H groups in total. The number of nitrogens with zero attached hydrogens (tertiary/aromatic N) is 1. The summed E-state index contributed by atoms with van der Waals surface area (Å²) in [6.45, 7) is 4.60. The van der Waals surface area contributed by atoms with Crippen LogP contribution < -0.4 is 5.11 Å². The Labute approximate surface area is 509 Å². The Morgan fingerprint density at radius 3 is 1.02 bits per heavy atom. The van der Waals surface area contributed by atoms with Gasteiger partial charge in [0.1, 0.15) is 13.2 Å². The molecule has 0 aromatic rings. The molecule has 0 aliphatic carbocycles. The maximum atomic E-state index is 12.9. The third-order valence-electron chi connectivity index (χ3n) is 13.9. The van der Waals surface area contributed by atoms with E-state index in [9.17, 15) is 19.5 Å². The van der Waals surface area contributed by atoms with E-state index in [-0.39, 0.29) is 38.6 Å². The molecule has 472 valence electrons. The lowest BCUT2D eigenvalue weighted by atomic mass is 10.0. The first kappa shape index (κ1) is 78.4. The second kappa shape index (κ2) is 63.5. The summed E-state index contributed by atoms with van der Waals surface area (Å²) in [5.74, 6) is -2.33. The highest BCUT2D eigenvalue weighted by Gasteiger charge is 2.22. The van der Waals surface area contributed by atoms with Crippen molar-refractivity contribution in [3.8, 4) is 0 Å². The van der Waals surface area contributed by atoms with E-state index in [0.29, 0.717) is 17.4 Å². The van der Waals surface area contributed by atoms with Crippen molar-refractivity contribution in [2.45, 2.75) is 270 Å². The third-order valence-corrected chi connectivity index (χ3v) is 13.9. The van der Waals surface area contributed by atoms with Crippen molar-refractivity contribution in [3.63, 3.8) is 0 Å². The molecular formula is C74H123NO8. The molecule has 83 heavy (non-hydrogen) atoms. The SMILES string of the molecule is CC/C=C\C/C=C\C/C=C\C/C=C\C/C=C\C/C=C\C/C=C\C/C=C\C/C=C\C/C=C\C/C=C\CCCCCC(=O)OC(COC(=O)CCCCCCCCCCCCCCCCCCCCCCC)COC(OCC[N+](C)(C)C)C(=O)[O-]. The van der Waals surface area contributed by atoms with Gasteiger partial charge in [-0.25, -0.2) is 0 Å². The van der Waals surface area contributed by atoms with Crippen molar-refractivity contribution in [1.29, 1.82) is 0 Å². The number of carbonyl (C=O) groups excluding carboxylic acids is 3. The van der Waals surface area contributed by atoms with Crippen LogP contribution in [0.1, 0.15) is 258 Å². The standard InChI is InChI=1S/C74H123NO8/c1-6-8-10-12-14-16-18-20-22-24-26-28-29-30-31-32-33-34-35-36-37-38-39-40-41-42-43-45-47-49-51-53-55-57-59-61-63-65-72(77)83-70(69-82-74(73(78)79)80-67-66-75(3,4)5)68-81-71(76)64-62-60-58-56-54-52-50-48-46-44-27-25-23-21-19-17-15-13-11-9-7-2/h8,10,14,16,20,22,26,28,30-31,33-34,36-37,39-40,42-43,47,49,53,55,70,74H,6-7,9,11-13,15,17-19,21,23-25,27,29,32,35,38,41,44-46,48,50-52,54,56-69H2,1-5H3/b10-8-,16-14-,22-20-,28-26-,31-30-,34-33-,37-36-,40-39-,43-42-,49-47-,55-53-. The zero-order valence-corrected chi connectivity index (χ0v) is 53.8. The summed E-state index contributed by atoms with van der Waals surface area (Å²) in [6, 6.07) is 0. The number of allylic oxidation sites excluding steroid dienone is 22. The molecule has 0 aromatic heterocycles. The largest absolute Gasteiger partial charge is 0.545 e. The quantitative estimate of drug-likeness (QED) is 0.0195. The molecule has 0 spiro atoms. The van der Waals surface area contributed by atoms with Crippen LogP contribution in [0.3, 0.4) is 0 Å². The highest BCUT2D eigenvalue weighted by Crippen LogP contribution is 2.16. The fraction of sp³-hybridized carbons (Fsp3) is 0.662. The molecule has 9 heteroatoms. The fourth-order valence-electron chi connectivity index (χ4n) is 8.84. The highest BCUT2D eigenvalue weighted by molar-refractivity contribution is 5.70. The zero-order chi connectivity index (χ0) is 60.5. The van der Waals surface area contributed by atoms with Crippen LogP contribution in [0.5, 0.6) is 0 Å². The van der Waals surface area contributed by atoms with Gasteiger partial charge in [-0.2, -0.15) is 0 Å². The lowest BCUT2D eigenvalue weighted by Gasteiger charge is -2.26. The van der Waals surface area contributed by atoms with Gasteiger partial charge in [-0.1, -0.05) is 282 Å². The van der Waals surface area contributed by atoms with Crippen molar-refractivity contribution in [2.75, 3.05) is 47.5 Å². The molecule has 2 atom stereocenters. The summed E-state index contributed by atoms with van der Waals surface area (Å²) >= 11 is 0. The highest BCUT2D eigenvalue weighted by atomic mass is 16.7. The zero-order valence-electron chi connectivity index (χ0n) is 53.8. The number of rotatable bonds is 60. The molecule has 0 fully saturated rings. The summed E-state index contributed by atoms with van der Waals surface area (Å²) in [6.07, 6.45) is 88.1. The lowest BCUT2D eigenvalue weighted by molar-refractivity contribution is -0.870. The van der Waals surface area contributed by atoms with Crippen molar-refractivity contribution in [1.82, 2.24) is 0 Å². The molecule has 0 rings (SSSR count). The molecule has 0 heterocycles. The van der Waals surface area contributed by atoms with Crippen LogP contribution in [0.2, 0.25) is 0 Å². The van der Waals surface area contributed by atoms with Gasteiger partial charge >= 0.3 is 11.9 Å². The molecule has 0 saturated carbocycles. The van der Waals surface area contributed by atoms with Crippen molar-refractivity contribution < 1.29 is 42.9 Å². The average Bonchev–Trinajstić information content (AvgIpc) is 3.46. The fourth-order valence-corrected chi connectivity index (χ4v) is 8.84. The Morgan fingerprint density at radius 1 is 0.373 bits per heavy atom. The normalized spacial score (nSPS) is 13.6. The Bertz CT molecular complexity index is 1820. The Kier molecular flexibility index (Phi) is 60.0. The van der Waals surface area contributed by atoms with Gasteiger partial charge in [0.15, 0.2) is 12.4 Å². The number of carboxylic acid groups (broad SMARTS) is 1. The van der Waals surface area contributed by atoms with Gasteiger partial charge in [0.2, 0.25) is 0 Å². The number of carboxylic acids is 1. The maximum absolute atomic E-state index is 12.9. The number of esters is 2.